The van der Waals surface area contributed by atoms with Crippen molar-refractivity contribution in [3.05, 3.63) is 34.9 Å². The number of amides is 1. The van der Waals surface area contributed by atoms with E-state index in [2.05, 4.69) is 32.0 Å². The summed E-state index contributed by atoms with van der Waals surface area (Å²) in [5.74, 6) is 0.197. The van der Waals surface area contributed by atoms with E-state index in [1.165, 1.54) is 16.7 Å². The van der Waals surface area contributed by atoms with Crippen LogP contribution >= 0.6 is 0 Å². The molecule has 1 aliphatic rings. The smallest absolute Gasteiger partial charge is 0.224 e. The van der Waals surface area contributed by atoms with Gasteiger partial charge in [0.2, 0.25) is 5.91 Å². The number of aryl methyl sites for hydroxylation is 2. The lowest BCUT2D eigenvalue weighted by Gasteiger charge is -2.16. The van der Waals surface area contributed by atoms with Gasteiger partial charge in [-0.1, -0.05) is 23.8 Å². The van der Waals surface area contributed by atoms with Crippen LogP contribution in [0.3, 0.4) is 0 Å². The summed E-state index contributed by atoms with van der Waals surface area (Å²) in [6, 6.07) is 6.50. The van der Waals surface area contributed by atoms with Gasteiger partial charge in [0.05, 0.1) is 0 Å². The third-order valence-electron chi connectivity index (χ3n) is 3.39. The molecule has 1 aliphatic heterocycles. The van der Waals surface area contributed by atoms with E-state index < -0.39 is 0 Å². The normalized spacial score (nSPS) is 20.1. The first-order valence-electron chi connectivity index (χ1n) is 6.16. The summed E-state index contributed by atoms with van der Waals surface area (Å²) in [6.45, 7) is 5.72. The first kappa shape index (κ1) is 12.1. The molecule has 1 saturated heterocycles. The van der Waals surface area contributed by atoms with Crippen LogP contribution in [-0.2, 0) is 11.2 Å². The SMILES string of the molecule is Cc1ccc(CCN2CC(N)CC2=O)c(C)c1. The van der Waals surface area contributed by atoms with Crippen molar-refractivity contribution in [2.75, 3.05) is 13.1 Å². The van der Waals surface area contributed by atoms with Crippen LogP contribution < -0.4 is 5.73 Å². The first-order valence-corrected chi connectivity index (χ1v) is 6.16. The lowest BCUT2D eigenvalue weighted by molar-refractivity contribution is -0.127. The van der Waals surface area contributed by atoms with Crippen LogP contribution in [0.5, 0.6) is 0 Å². The minimum absolute atomic E-state index is 0.0293. The van der Waals surface area contributed by atoms with Gasteiger partial charge in [0.25, 0.3) is 0 Å². The summed E-state index contributed by atoms with van der Waals surface area (Å²) in [7, 11) is 0. The third-order valence-corrected chi connectivity index (χ3v) is 3.39. The van der Waals surface area contributed by atoms with Crippen molar-refractivity contribution in [3.63, 3.8) is 0 Å². The molecule has 0 bridgehead atoms. The molecule has 1 unspecified atom stereocenters. The quantitative estimate of drug-likeness (QED) is 0.856. The Hall–Kier alpha value is -1.35. The molecule has 3 heteroatoms. The zero-order valence-corrected chi connectivity index (χ0v) is 10.6. The number of rotatable bonds is 3. The van der Waals surface area contributed by atoms with Crippen LogP contribution in [0.4, 0.5) is 0 Å². The van der Waals surface area contributed by atoms with Crippen molar-refractivity contribution in [3.8, 4) is 0 Å². The molecule has 2 N–H and O–H groups in total. The van der Waals surface area contributed by atoms with Crippen LogP contribution in [0.15, 0.2) is 18.2 Å². The van der Waals surface area contributed by atoms with Crippen molar-refractivity contribution < 1.29 is 4.79 Å². The molecule has 17 heavy (non-hydrogen) atoms. The average molecular weight is 232 g/mol. The summed E-state index contributed by atoms with van der Waals surface area (Å²) in [4.78, 5) is 13.5. The van der Waals surface area contributed by atoms with Crippen LogP contribution in [0.1, 0.15) is 23.1 Å². The molecule has 0 spiro atoms. The monoisotopic (exact) mass is 232 g/mol. The second-order valence-corrected chi connectivity index (χ2v) is 4.98. The van der Waals surface area contributed by atoms with E-state index in [0.717, 1.165) is 13.0 Å². The highest BCUT2D eigenvalue weighted by atomic mass is 16.2. The van der Waals surface area contributed by atoms with E-state index in [1.54, 1.807) is 0 Å². The van der Waals surface area contributed by atoms with Gasteiger partial charge >= 0.3 is 0 Å². The van der Waals surface area contributed by atoms with Crippen molar-refractivity contribution in [1.29, 1.82) is 0 Å². The Bertz CT molecular complexity index is 428. The number of nitrogens with two attached hydrogens (primary N) is 1. The number of nitrogens with zero attached hydrogens (tertiary/aromatic N) is 1. The molecule has 1 amide bonds. The summed E-state index contributed by atoms with van der Waals surface area (Å²) < 4.78 is 0. The molecule has 92 valence electrons. The maximum absolute atomic E-state index is 11.6. The molecular formula is C14H20N2O. The first-order chi connectivity index (χ1) is 8.06. The van der Waals surface area contributed by atoms with E-state index in [1.807, 2.05) is 4.90 Å². The minimum atomic E-state index is 0.0293. The molecule has 0 aliphatic carbocycles. The topological polar surface area (TPSA) is 46.3 Å². The van der Waals surface area contributed by atoms with Gasteiger partial charge in [-0.2, -0.15) is 0 Å². The summed E-state index contributed by atoms with van der Waals surface area (Å²) in [6.07, 6.45) is 1.43. The van der Waals surface area contributed by atoms with Crippen molar-refractivity contribution >= 4 is 5.91 Å². The average Bonchev–Trinajstić information content (AvgIpc) is 2.56. The van der Waals surface area contributed by atoms with Gasteiger partial charge in [0.1, 0.15) is 0 Å². The van der Waals surface area contributed by atoms with Crippen LogP contribution in [-0.4, -0.2) is 29.9 Å². The molecule has 1 aromatic carbocycles. The van der Waals surface area contributed by atoms with E-state index >= 15 is 0 Å². The van der Waals surface area contributed by atoms with Crippen LogP contribution in [0, 0.1) is 13.8 Å². The van der Waals surface area contributed by atoms with Gasteiger partial charge in [-0.15, -0.1) is 0 Å². The standard InChI is InChI=1S/C14H20N2O/c1-10-3-4-12(11(2)7-10)5-6-16-9-13(15)8-14(16)17/h3-4,7,13H,5-6,8-9,15H2,1-2H3. The summed E-state index contributed by atoms with van der Waals surface area (Å²) in [5.41, 5.74) is 9.68. The fourth-order valence-corrected chi connectivity index (χ4v) is 2.40. The molecule has 0 aromatic heterocycles. The Morgan fingerprint density at radius 3 is 2.76 bits per heavy atom. The molecular weight excluding hydrogens is 212 g/mol. The molecule has 2 rings (SSSR count). The van der Waals surface area contributed by atoms with E-state index in [0.29, 0.717) is 13.0 Å². The highest BCUT2D eigenvalue weighted by molar-refractivity contribution is 5.79. The van der Waals surface area contributed by atoms with Gasteiger partial charge in [0.15, 0.2) is 0 Å². The molecule has 1 atom stereocenters. The van der Waals surface area contributed by atoms with Crippen molar-refractivity contribution in [2.45, 2.75) is 32.7 Å². The highest BCUT2D eigenvalue weighted by Crippen LogP contribution is 2.14. The predicted octanol–water partition coefficient (Wildman–Crippen LogP) is 1.41. The molecule has 1 heterocycles. The van der Waals surface area contributed by atoms with Crippen molar-refractivity contribution in [2.24, 2.45) is 5.73 Å². The van der Waals surface area contributed by atoms with Crippen LogP contribution in [0.25, 0.3) is 0 Å². The molecule has 1 aromatic rings. The Morgan fingerprint density at radius 1 is 1.41 bits per heavy atom. The van der Waals surface area contributed by atoms with E-state index in [4.69, 9.17) is 5.73 Å². The van der Waals surface area contributed by atoms with Gasteiger partial charge < -0.3 is 10.6 Å². The number of carbonyl (C=O) groups is 1. The highest BCUT2D eigenvalue weighted by Gasteiger charge is 2.26. The third kappa shape index (κ3) is 2.86. The fraction of sp³-hybridized carbons (Fsp3) is 0.500. The second kappa shape index (κ2) is 4.88. The van der Waals surface area contributed by atoms with Crippen LogP contribution in [0.2, 0.25) is 0 Å². The van der Waals surface area contributed by atoms with Gasteiger partial charge in [-0.05, 0) is 31.4 Å². The lowest BCUT2D eigenvalue weighted by Crippen LogP contribution is -2.30. The molecule has 0 saturated carbocycles. The number of benzene rings is 1. The zero-order chi connectivity index (χ0) is 12.4. The van der Waals surface area contributed by atoms with E-state index in [-0.39, 0.29) is 11.9 Å². The van der Waals surface area contributed by atoms with E-state index in [9.17, 15) is 4.79 Å². The number of hydrogen-bond acceptors (Lipinski definition) is 2. The molecule has 0 radical (unpaired) electrons. The minimum Gasteiger partial charge on any atom is -0.341 e. The molecule has 1 fully saturated rings. The summed E-state index contributed by atoms with van der Waals surface area (Å²) >= 11 is 0. The lowest BCUT2D eigenvalue weighted by atomic mass is 10.0. The summed E-state index contributed by atoms with van der Waals surface area (Å²) in [5, 5.41) is 0. The Labute approximate surface area is 103 Å². The Morgan fingerprint density at radius 2 is 2.18 bits per heavy atom. The second-order valence-electron chi connectivity index (χ2n) is 4.98. The largest absolute Gasteiger partial charge is 0.341 e. The predicted molar refractivity (Wildman–Crippen MR) is 68.8 cm³/mol. The number of carbonyl (C=O) groups excluding carboxylic acids is 1. The van der Waals surface area contributed by atoms with Crippen molar-refractivity contribution in [1.82, 2.24) is 4.90 Å². The molecule has 3 nitrogen and oxygen atoms in total. The Kier molecular flexibility index (Phi) is 3.48. The van der Waals surface area contributed by atoms with Gasteiger partial charge in [0, 0.05) is 25.6 Å². The zero-order valence-electron chi connectivity index (χ0n) is 10.6. The van der Waals surface area contributed by atoms with Gasteiger partial charge in [-0.25, -0.2) is 0 Å². The van der Waals surface area contributed by atoms with Gasteiger partial charge in [-0.3, -0.25) is 4.79 Å². The Balaban J connectivity index is 1.96. The maximum atomic E-state index is 11.6. The number of hydrogen-bond donors (Lipinski definition) is 1. The maximum Gasteiger partial charge on any atom is 0.224 e. The number of likely N-dealkylation sites (tertiary alicyclic amines) is 1. The fourth-order valence-electron chi connectivity index (χ4n) is 2.40.